The van der Waals surface area contributed by atoms with Crippen molar-refractivity contribution in [2.75, 3.05) is 13.1 Å². The number of thiophene rings is 1. The average Bonchev–Trinajstić information content (AvgIpc) is 3.35. The quantitative estimate of drug-likeness (QED) is 0.752. The second-order valence-electron chi connectivity index (χ2n) is 8.32. The third-order valence-electron chi connectivity index (χ3n) is 6.44. The normalized spacial score (nSPS) is 17.2. The first-order valence-electron chi connectivity index (χ1n) is 11.2. The number of aromatic nitrogens is 2. The summed E-state index contributed by atoms with van der Waals surface area (Å²) < 4.78 is 1.65. The van der Waals surface area contributed by atoms with Gasteiger partial charge in [0.05, 0.1) is 11.9 Å². The second-order valence-corrected chi connectivity index (χ2v) is 9.40. The highest BCUT2D eigenvalue weighted by atomic mass is 32.1. The van der Waals surface area contributed by atoms with Crippen molar-refractivity contribution in [3.8, 4) is 0 Å². The molecule has 29 heavy (non-hydrogen) atoms. The molecule has 0 atom stereocenters. The van der Waals surface area contributed by atoms with Crippen molar-refractivity contribution in [2.24, 2.45) is 0 Å². The maximum absolute atomic E-state index is 13.5. The Morgan fingerprint density at radius 3 is 2.62 bits per heavy atom. The molecule has 2 aromatic rings. The fourth-order valence-corrected chi connectivity index (χ4v) is 5.97. The molecule has 7 heteroatoms. The molecule has 0 unspecified atom stereocenters. The Kier molecular flexibility index (Phi) is 6.35. The number of amides is 1. The summed E-state index contributed by atoms with van der Waals surface area (Å²) in [6.45, 7) is 6.67. The van der Waals surface area contributed by atoms with Crippen molar-refractivity contribution < 1.29 is 4.79 Å². The highest BCUT2D eigenvalue weighted by Crippen LogP contribution is 2.33. The van der Waals surface area contributed by atoms with Crippen molar-refractivity contribution >= 4 is 27.5 Å². The van der Waals surface area contributed by atoms with Crippen LogP contribution >= 0.6 is 11.3 Å². The zero-order valence-corrected chi connectivity index (χ0v) is 18.4. The fourth-order valence-electron chi connectivity index (χ4n) is 4.70. The molecule has 1 saturated carbocycles. The van der Waals surface area contributed by atoms with Crippen LogP contribution in [0.2, 0.25) is 0 Å². The molecule has 2 aliphatic rings. The summed E-state index contributed by atoms with van der Waals surface area (Å²) in [7, 11) is 0. The predicted octanol–water partition coefficient (Wildman–Crippen LogP) is 3.24. The third kappa shape index (κ3) is 4.26. The number of fused-ring (bicyclic) bond motifs is 3. The number of hydrogen-bond acceptors (Lipinski definition) is 5. The average molecular weight is 417 g/mol. The van der Waals surface area contributed by atoms with Gasteiger partial charge in [0, 0.05) is 10.9 Å². The van der Waals surface area contributed by atoms with Gasteiger partial charge < -0.3 is 5.32 Å². The lowest BCUT2D eigenvalue weighted by atomic mass is 9.97. The van der Waals surface area contributed by atoms with Gasteiger partial charge in [0.15, 0.2) is 0 Å². The smallest absolute Gasteiger partial charge is 0.263 e. The molecule has 1 fully saturated rings. The summed E-state index contributed by atoms with van der Waals surface area (Å²) in [5.74, 6) is 0.649. The monoisotopic (exact) mass is 416 g/mol. The van der Waals surface area contributed by atoms with Crippen molar-refractivity contribution in [2.45, 2.75) is 84.3 Å². The van der Waals surface area contributed by atoms with Gasteiger partial charge >= 0.3 is 0 Å². The van der Waals surface area contributed by atoms with Crippen LogP contribution in [0, 0.1) is 0 Å². The highest BCUT2D eigenvalue weighted by molar-refractivity contribution is 7.18. The molecule has 1 amide bonds. The predicted molar refractivity (Wildman–Crippen MR) is 118 cm³/mol. The summed E-state index contributed by atoms with van der Waals surface area (Å²) in [6.07, 6.45) is 8.74. The largest absolute Gasteiger partial charge is 0.352 e. The Bertz CT molecular complexity index is 938. The number of rotatable bonds is 7. The Morgan fingerprint density at radius 2 is 1.90 bits per heavy atom. The Morgan fingerprint density at radius 1 is 1.17 bits per heavy atom. The van der Waals surface area contributed by atoms with E-state index >= 15 is 0 Å². The molecule has 158 valence electrons. The first-order chi connectivity index (χ1) is 14.1. The van der Waals surface area contributed by atoms with Crippen molar-refractivity contribution in [1.29, 1.82) is 0 Å². The number of aryl methyl sites for hydroxylation is 2. The summed E-state index contributed by atoms with van der Waals surface area (Å²) >= 11 is 1.68. The Labute approximate surface area is 176 Å². The number of nitrogens with one attached hydrogen (secondary N) is 1. The summed E-state index contributed by atoms with van der Waals surface area (Å²) in [4.78, 5) is 35.6. The van der Waals surface area contributed by atoms with E-state index in [0.29, 0.717) is 12.4 Å². The number of nitrogens with zero attached hydrogens (tertiary/aromatic N) is 3. The van der Waals surface area contributed by atoms with E-state index in [0.717, 1.165) is 55.4 Å². The van der Waals surface area contributed by atoms with Crippen molar-refractivity contribution in [1.82, 2.24) is 19.8 Å². The summed E-state index contributed by atoms with van der Waals surface area (Å²) in [6, 6.07) is 0.259. The van der Waals surface area contributed by atoms with Crippen LogP contribution in [0.4, 0.5) is 0 Å². The van der Waals surface area contributed by atoms with E-state index in [1.165, 1.54) is 29.7 Å². The molecule has 0 aromatic carbocycles. The highest BCUT2D eigenvalue weighted by Gasteiger charge is 2.24. The van der Waals surface area contributed by atoms with Gasteiger partial charge in [-0.1, -0.05) is 26.7 Å². The summed E-state index contributed by atoms with van der Waals surface area (Å²) in [5.41, 5.74) is 1.16. The molecule has 0 radical (unpaired) electrons. The number of carbonyl (C=O) groups excluding carboxylic acids is 1. The lowest BCUT2D eigenvalue weighted by Crippen LogP contribution is -2.39. The first-order valence-corrected chi connectivity index (χ1v) is 12.0. The summed E-state index contributed by atoms with van der Waals surface area (Å²) in [5, 5.41) is 3.90. The molecule has 0 aliphatic heterocycles. The topological polar surface area (TPSA) is 67.2 Å². The maximum Gasteiger partial charge on any atom is 0.263 e. The molecular formula is C22H32N4O2S. The van der Waals surface area contributed by atoms with E-state index in [9.17, 15) is 9.59 Å². The molecule has 0 saturated heterocycles. The third-order valence-corrected chi connectivity index (χ3v) is 7.62. The molecule has 1 N–H and O–H groups in total. The molecule has 2 aromatic heterocycles. The van der Waals surface area contributed by atoms with Crippen LogP contribution in [0.25, 0.3) is 10.2 Å². The van der Waals surface area contributed by atoms with E-state index in [1.54, 1.807) is 15.9 Å². The van der Waals surface area contributed by atoms with Gasteiger partial charge in [-0.3, -0.25) is 19.1 Å². The fraction of sp³-hybridized carbons (Fsp3) is 0.682. The SMILES string of the molecule is CCN(CC)Cc1nc2sc3c(c2c(=O)n1CC(=O)NC1CCCC1)CCCC3. The van der Waals surface area contributed by atoms with Crippen LogP contribution in [0.5, 0.6) is 0 Å². The molecule has 2 heterocycles. The van der Waals surface area contributed by atoms with Crippen LogP contribution < -0.4 is 10.9 Å². The minimum Gasteiger partial charge on any atom is -0.352 e. The van der Waals surface area contributed by atoms with Gasteiger partial charge in [0.25, 0.3) is 5.56 Å². The van der Waals surface area contributed by atoms with Gasteiger partial charge in [-0.2, -0.15) is 0 Å². The standard InChI is InChI=1S/C22H32N4O2S/c1-3-25(4-2)13-18-24-21-20(16-11-7-8-12-17(16)29-21)22(28)26(18)14-19(27)23-15-9-5-6-10-15/h15H,3-14H2,1-2H3,(H,23,27). The molecule has 2 aliphatic carbocycles. The zero-order valence-electron chi connectivity index (χ0n) is 17.6. The van der Waals surface area contributed by atoms with Crippen LogP contribution in [-0.4, -0.2) is 39.5 Å². The van der Waals surface area contributed by atoms with Gasteiger partial charge in [-0.15, -0.1) is 11.3 Å². The lowest BCUT2D eigenvalue weighted by molar-refractivity contribution is -0.122. The van der Waals surface area contributed by atoms with Crippen molar-refractivity contribution in [3.63, 3.8) is 0 Å². The Hall–Kier alpha value is -1.73. The first kappa shape index (κ1) is 20.5. The maximum atomic E-state index is 13.5. The second kappa shape index (κ2) is 8.96. The minimum absolute atomic E-state index is 0.0295. The van der Waals surface area contributed by atoms with Crippen LogP contribution in [0.3, 0.4) is 0 Å². The van der Waals surface area contributed by atoms with Crippen molar-refractivity contribution in [3.05, 3.63) is 26.6 Å². The van der Waals surface area contributed by atoms with E-state index in [4.69, 9.17) is 4.98 Å². The van der Waals surface area contributed by atoms with Gasteiger partial charge in [0.2, 0.25) is 5.91 Å². The van der Waals surface area contributed by atoms with Gasteiger partial charge in [-0.25, -0.2) is 4.98 Å². The van der Waals surface area contributed by atoms with E-state index < -0.39 is 0 Å². The Balaban J connectivity index is 1.72. The van der Waals surface area contributed by atoms with E-state index in [-0.39, 0.29) is 24.1 Å². The number of carbonyl (C=O) groups is 1. The molecule has 0 bridgehead atoms. The molecular weight excluding hydrogens is 384 g/mol. The van der Waals surface area contributed by atoms with Crippen LogP contribution in [-0.2, 0) is 30.7 Å². The molecule has 0 spiro atoms. The van der Waals surface area contributed by atoms with E-state index in [2.05, 4.69) is 24.1 Å². The van der Waals surface area contributed by atoms with E-state index in [1.807, 2.05) is 0 Å². The van der Waals surface area contributed by atoms with Crippen LogP contribution in [0.15, 0.2) is 4.79 Å². The van der Waals surface area contributed by atoms with Gasteiger partial charge in [-0.05, 0) is 57.2 Å². The minimum atomic E-state index is -0.0648. The number of hydrogen-bond donors (Lipinski definition) is 1. The lowest BCUT2D eigenvalue weighted by Gasteiger charge is -2.21. The van der Waals surface area contributed by atoms with Crippen LogP contribution in [0.1, 0.15) is 68.6 Å². The zero-order chi connectivity index (χ0) is 20.4. The van der Waals surface area contributed by atoms with Gasteiger partial charge in [0.1, 0.15) is 17.2 Å². The molecule has 6 nitrogen and oxygen atoms in total. The molecule has 4 rings (SSSR count).